The molecule has 1 aliphatic rings. The Morgan fingerprint density at radius 1 is 1.14 bits per heavy atom. The number of benzene rings is 2. The van der Waals surface area contributed by atoms with Crippen molar-refractivity contribution in [2.45, 2.75) is 4.90 Å². The van der Waals surface area contributed by atoms with Crippen molar-refractivity contribution < 1.29 is 27.6 Å². The minimum Gasteiger partial charge on any atom is -0.478 e. The van der Waals surface area contributed by atoms with Crippen LogP contribution in [0.3, 0.4) is 0 Å². The normalized spacial score (nSPS) is 15.3. The number of carbonyl (C=O) groups is 1. The molecule has 1 saturated heterocycles. The van der Waals surface area contributed by atoms with E-state index in [0.717, 1.165) is 10.4 Å². The Balaban J connectivity index is 1.79. The fraction of sp³-hybridized carbons (Fsp3) is 0.235. The van der Waals surface area contributed by atoms with Crippen LogP contribution in [0.5, 0.6) is 0 Å². The third kappa shape index (κ3) is 4.16. The maximum absolute atomic E-state index is 14.2. The van der Waals surface area contributed by atoms with E-state index in [-0.39, 0.29) is 31.9 Å². The van der Waals surface area contributed by atoms with Gasteiger partial charge in [-0.3, -0.25) is 10.1 Å². The van der Waals surface area contributed by atoms with E-state index in [2.05, 4.69) is 0 Å². The summed E-state index contributed by atoms with van der Waals surface area (Å²) in [6.45, 7) is 0.615. The zero-order valence-corrected chi connectivity index (χ0v) is 16.4. The molecule has 0 aromatic heterocycles. The maximum atomic E-state index is 14.2. The number of aromatic carboxylic acids is 1. The van der Waals surface area contributed by atoms with Crippen molar-refractivity contribution in [2.75, 3.05) is 31.1 Å². The minimum absolute atomic E-state index is 0.0315. The first-order valence-corrected chi connectivity index (χ1v) is 10.1. The molecule has 0 unspecified atom stereocenters. The number of carboxylic acids is 1. The molecule has 0 spiro atoms. The van der Waals surface area contributed by atoms with Crippen LogP contribution in [0.1, 0.15) is 10.4 Å². The van der Waals surface area contributed by atoms with Crippen LogP contribution in [0.25, 0.3) is 0 Å². The zero-order chi connectivity index (χ0) is 21.3. The highest BCUT2D eigenvalue weighted by atomic mass is 35.5. The molecular weight excluding hydrogens is 429 g/mol. The number of piperazine rings is 1. The van der Waals surface area contributed by atoms with E-state index in [1.807, 2.05) is 4.90 Å². The molecule has 1 N–H and O–H groups in total. The van der Waals surface area contributed by atoms with Crippen LogP contribution in [0, 0.1) is 15.9 Å². The lowest BCUT2D eigenvalue weighted by Crippen LogP contribution is -2.48. The first kappa shape index (κ1) is 21.0. The third-order valence-electron chi connectivity index (χ3n) is 4.53. The lowest BCUT2D eigenvalue weighted by molar-refractivity contribution is -0.384. The van der Waals surface area contributed by atoms with Gasteiger partial charge >= 0.3 is 5.97 Å². The van der Waals surface area contributed by atoms with Gasteiger partial charge in [0.2, 0.25) is 10.0 Å². The Morgan fingerprint density at radius 2 is 1.72 bits per heavy atom. The molecule has 0 radical (unpaired) electrons. The Hall–Kier alpha value is -2.76. The van der Waals surface area contributed by atoms with Crippen LogP contribution in [0.15, 0.2) is 41.3 Å². The molecule has 9 nitrogen and oxygen atoms in total. The number of halogens is 2. The number of carboxylic acid groups (broad SMARTS) is 1. The SMILES string of the molecule is O=C(O)c1cc(S(=O)(=O)N2CCN(c3ccc([N+](=O)[O-])cc3)CC2)c(F)cc1Cl. The summed E-state index contributed by atoms with van der Waals surface area (Å²) in [4.78, 5) is 22.5. The molecule has 2 aromatic carbocycles. The van der Waals surface area contributed by atoms with Crippen LogP contribution < -0.4 is 4.90 Å². The predicted octanol–water partition coefficient (Wildman–Crippen LogP) is 2.60. The van der Waals surface area contributed by atoms with Crippen molar-refractivity contribution >= 4 is 39.0 Å². The number of nitro benzene ring substituents is 1. The average molecular weight is 444 g/mol. The van der Waals surface area contributed by atoms with E-state index in [0.29, 0.717) is 11.8 Å². The van der Waals surface area contributed by atoms with E-state index in [4.69, 9.17) is 16.7 Å². The Morgan fingerprint density at radius 3 is 2.24 bits per heavy atom. The highest BCUT2D eigenvalue weighted by molar-refractivity contribution is 7.89. The Bertz CT molecular complexity index is 1070. The summed E-state index contributed by atoms with van der Waals surface area (Å²) in [6.07, 6.45) is 0. The van der Waals surface area contributed by atoms with Gasteiger partial charge in [-0.25, -0.2) is 17.6 Å². The molecule has 0 aliphatic carbocycles. The van der Waals surface area contributed by atoms with Crippen molar-refractivity contribution in [2.24, 2.45) is 0 Å². The highest BCUT2D eigenvalue weighted by Gasteiger charge is 2.32. The van der Waals surface area contributed by atoms with Crippen molar-refractivity contribution in [1.82, 2.24) is 4.31 Å². The summed E-state index contributed by atoms with van der Waals surface area (Å²) in [7, 11) is -4.27. The van der Waals surface area contributed by atoms with Crippen LogP contribution in [-0.2, 0) is 10.0 Å². The molecule has 1 fully saturated rings. The summed E-state index contributed by atoms with van der Waals surface area (Å²) >= 11 is 5.67. The quantitative estimate of drug-likeness (QED) is 0.556. The van der Waals surface area contributed by atoms with Gasteiger partial charge in [0.1, 0.15) is 10.7 Å². The number of nitro groups is 1. The molecule has 0 saturated carbocycles. The minimum atomic E-state index is -4.27. The summed E-state index contributed by atoms with van der Waals surface area (Å²) in [5, 5.41) is 19.4. The third-order valence-corrected chi connectivity index (χ3v) is 6.76. The average Bonchev–Trinajstić information content (AvgIpc) is 2.67. The first-order chi connectivity index (χ1) is 13.6. The van der Waals surface area contributed by atoms with Gasteiger partial charge in [-0.2, -0.15) is 4.31 Å². The second-order valence-corrected chi connectivity index (χ2v) is 8.55. The second-order valence-electron chi connectivity index (χ2n) is 6.23. The van der Waals surface area contributed by atoms with Gasteiger partial charge in [0.15, 0.2) is 0 Å². The molecule has 154 valence electrons. The summed E-state index contributed by atoms with van der Waals surface area (Å²) in [5.74, 6) is -2.59. The van der Waals surface area contributed by atoms with Gasteiger partial charge in [0.25, 0.3) is 5.69 Å². The standard InChI is InChI=1S/C17H15ClFN3O6S/c18-14-10-15(19)16(9-13(14)17(23)24)29(27,28)21-7-5-20(6-8-21)11-1-3-12(4-2-11)22(25)26/h1-4,9-10H,5-8H2,(H,23,24). The second kappa shape index (κ2) is 7.93. The molecule has 0 amide bonds. The van der Waals surface area contributed by atoms with Crippen LogP contribution in [0.2, 0.25) is 5.02 Å². The van der Waals surface area contributed by atoms with Crippen molar-refractivity contribution in [3.8, 4) is 0 Å². The number of hydrogen-bond donors (Lipinski definition) is 1. The van der Waals surface area contributed by atoms with Gasteiger partial charge < -0.3 is 10.0 Å². The zero-order valence-electron chi connectivity index (χ0n) is 14.8. The molecule has 0 atom stereocenters. The van der Waals surface area contributed by atoms with Gasteiger partial charge in [0, 0.05) is 44.0 Å². The topological polar surface area (TPSA) is 121 Å². The number of rotatable bonds is 5. The molecule has 12 heteroatoms. The van der Waals surface area contributed by atoms with E-state index in [1.54, 1.807) is 12.1 Å². The Labute approximate surface area is 170 Å². The van der Waals surface area contributed by atoms with Gasteiger partial charge in [-0.15, -0.1) is 0 Å². The molecular formula is C17H15ClFN3O6S. The van der Waals surface area contributed by atoms with Gasteiger partial charge in [-0.1, -0.05) is 11.6 Å². The summed E-state index contributed by atoms with van der Waals surface area (Å²) in [5.41, 5.74) is 0.136. The van der Waals surface area contributed by atoms with E-state index >= 15 is 0 Å². The highest BCUT2D eigenvalue weighted by Crippen LogP contribution is 2.28. The number of non-ortho nitro benzene ring substituents is 1. The fourth-order valence-corrected chi connectivity index (χ4v) is 4.73. The number of anilines is 1. The molecule has 1 aliphatic heterocycles. The molecule has 0 bridgehead atoms. The largest absolute Gasteiger partial charge is 0.478 e. The van der Waals surface area contributed by atoms with Gasteiger partial charge in [-0.05, 0) is 24.3 Å². The van der Waals surface area contributed by atoms with E-state index in [9.17, 15) is 27.7 Å². The monoisotopic (exact) mass is 443 g/mol. The van der Waals surface area contributed by atoms with Crippen molar-refractivity contribution in [3.05, 3.63) is 62.9 Å². The summed E-state index contributed by atoms with van der Waals surface area (Å²) in [6, 6.07) is 7.24. The lowest BCUT2D eigenvalue weighted by Gasteiger charge is -2.35. The number of hydrogen-bond acceptors (Lipinski definition) is 6. The van der Waals surface area contributed by atoms with Crippen molar-refractivity contribution in [3.63, 3.8) is 0 Å². The van der Waals surface area contributed by atoms with E-state index < -0.39 is 42.2 Å². The molecule has 1 heterocycles. The lowest BCUT2D eigenvalue weighted by atomic mass is 10.2. The van der Waals surface area contributed by atoms with Crippen LogP contribution in [-0.4, -0.2) is 54.9 Å². The molecule has 29 heavy (non-hydrogen) atoms. The Kier molecular flexibility index (Phi) is 5.73. The van der Waals surface area contributed by atoms with Gasteiger partial charge in [0.05, 0.1) is 15.5 Å². The first-order valence-electron chi connectivity index (χ1n) is 8.33. The van der Waals surface area contributed by atoms with E-state index in [1.165, 1.54) is 12.1 Å². The summed E-state index contributed by atoms with van der Waals surface area (Å²) < 4.78 is 40.9. The maximum Gasteiger partial charge on any atom is 0.337 e. The molecule has 3 rings (SSSR count). The van der Waals surface area contributed by atoms with Crippen LogP contribution in [0.4, 0.5) is 15.8 Å². The van der Waals surface area contributed by atoms with Crippen LogP contribution >= 0.6 is 11.6 Å². The number of nitrogens with zero attached hydrogens (tertiary/aromatic N) is 3. The molecule has 2 aromatic rings. The number of sulfonamides is 1. The smallest absolute Gasteiger partial charge is 0.337 e. The van der Waals surface area contributed by atoms with Crippen molar-refractivity contribution in [1.29, 1.82) is 0 Å². The fourth-order valence-electron chi connectivity index (χ4n) is 3.00. The predicted molar refractivity (Wildman–Crippen MR) is 102 cm³/mol.